The number of pyridine rings is 1. The summed E-state index contributed by atoms with van der Waals surface area (Å²) >= 11 is 0. The van der Waals surface area contributed by atoms with Crippen molar-refractivity contribution in [1.29, 1.82) is 0 Å². The van der Waals surface area contributed by atoms with Crippen molar-refractivity contribution in [2.45, 2.75) is 39.7 Å². The van der Waals surface area contributed by atoms with Gasteiger partial charge in [0.15, 0.2) is 0 Å². The Bertz CT molecular complexity index is 596. The molecule has 2 aromatic rings. The minimum absolute atomic E-state index is 0.166. The summed E-state index contributed by atoms with van der Waals surface area (Å²) in [6.07, 6.45) is 3.72. The third-order valence-electron chi connectivity index (χ3n) is 3.76. The molecular formula is C18H23FN2. The summed E-state index contributed by atoms with van der Waals surface area (Å²) in [5.41, 5.74) is 4.42. The molecular weight excluding hydrogens is 263 g/mol. The van der Waals surface area contributed by atoms with E-state index in [2.05, 4.69) is 30.2 Å². The zero-order valence-electron chi connectivity index (χ0n) is 13.0. The maximum atomic E-state index is 13.3. The first kappa shape index (κ1) is 15.6. The molecule has 0 radical (unpaired) electrons. The van der Waals surface area contributed by atoms with E-state index in [9.17, 15) is 4.39 Å². The Hall–Kier alpha value is -1.74. The molecule has 2 rings (SSSR count). The van der Waals surface area contributed by atoms with Gasteiger partial charge in [-0.05, 0) is 61.7 Å². The Morgan fingerprint density at radius 1 is 1.19 bits per heavy atom. The second-order valence-electron chi connectivity index (χ2n) is 5.48. The third-order valence-corrected chi connectivity index (χ3v) is 3.76. The van der Waals surface area contributed by atoms with Gasteiger partial charge in [-0.15, -0.1) is 0 Å². The number of nitrogens with zero attached hydrogens (tertiary/aromatic N) is 1. The van der Waals surface area contributed by atoms with Crippen LogP contribution in [0.3, 0.4) is 0 Å². The third kappa shape index (κ3) is 4.11. The van der Waals surface area contributed by atoms with Crippen molar-refractivity contribution in [1.82, 2.24) is 10.3 Å². The number of aromatic nitrogens is 1. The number of benzene rings is 1. The van der Waals surface area contributed by atoms with E-state index >= 15 is 0 Å². The fourth-order valence-electron chi connectivity index (χ4n) is 2.57. The van der Waals surface area contributed by atoms with Crippen molar-refractivity contribution >= 4 is 0 Å². The molecule has 2 nitrogen and oxygen atoms in total. The van der Waals surface area contributed by atoms with Gasteiger partial charge in [-0.2, -0.15) is 0 Å². The highest BCUT2D eigenvalue weighted by Gasteiger charge is 2.16. The molecule has 0 aliphatic carbocycles. The van der Waals surface area contributed by atoms with Gasteiger partial charge in [-0.1, -0.05) is 19.1 Å². The molecule has 0 bridgehead atoms. The predicted octanol–water partition coefficient (Wildman–Crippen LogP) is 4.12. The predicted molar refractivity (Wildman–Crippen MR) is 84.8 cm³/mol. The molecule has 1 unspecified atom stereocenters. The van der Waals surface area contributed by atoms with E-state index in [4.69, 9.17) is 0 Å². The molecule has 0 amide bonds. The number of nitrogens with one attached hydrogen (secondary N) is 1. The van der Waals surface area contributed by atoms with Gasteiger partial charge in [0, 0.05) is 24.4 Å². The second kappa shape index (κ2) is 7.32. The lowest BCUT2D eigenvalue weighted by Crippen LogP contribution is -2.25. The van der Waals surface area contributed by atoms with Crippen LogP contribution >= 0.6 is 0 Å². The Morgan fingerprint density at radius 2 is 2.00 bits per heavy atom. The summed E-state index contributed by atoms with van der Waals surface area (Å²) in [4.78, 5) is 4.48. The molecule has 0 spiro atoms. The molecule has 1 aromatic carbocycles. The van der Waals surface area contributed by atoms with Gasteiger partial charge in [0.05, 0.1) is 0 Å². The SMILES string of the molecule is CCCNC(Cc1ncccc1C)c1ccc(F)cc1C. The lowest BCUT2D eigenvalue weighted by Gasteiger charge is -2.21. The highest BCUT2D eigenvalue weighted by Crippen LogP contribution is 2.23. The van der Waals surface area contributed by atoms with Crippen LogP contribution in [0.1, 0.15) is 41.8 Å². The minimum Gasteiger partial charge on any atom is -0.310 e. The standard InChI is InChI=1S/C18H23FN2/c1-4-9-20-18(12-17-13(2)6-5-10-21-17)16-8-7-15(19)11-14(16)3/h5-8,10-11,18,20H,4,9,12H2,1-3H3. The molecule has 1 N–H and O–H groups in total. The van der Waals surface area contributed by atoms with Gasteiger partial charge in [-0.3, -0.25) is 4.98 Å². The van der Waals surface area contributed by atoms with Crippen LogP contribution in [0.15, 0.2) is 36.5 Å². The molecule has 0 fully saturated rings. The Labute approximate surface area is 126 Å². The van der Waals surface area contributed by atoms with Crippen molar-refractivity contribution < 1.29 is 4.39 Å². The normalized spacial score (nSPS) is 12.4. The van der Waals surface area contributed by atoms with E-state index in [1.807, 2.05) is 25.3 Å². The molecule has 1 atom stereocenters. The largest absolute Gasteiger partial charge is 0.310 e. The van der Waals surface area contributed by atoms with Crippen LogP contribution in [-0.2, 0) is 6.42 Å². The second-order valence-corrected chi connectivity index (χ2v) is 5.48. The Morgan fingerprint density at radius 3 is 2.67 bits per heavy atom. The summed E-state index contributed by atoms with van der Waals surface area (Å²) in [6.45, 7) is 7.13. The number of hydrogen-bond acceptors (Lipinski definition) is 2. The Kier molecular flexibility index (Phi) is 5.45. The first-order valence-corrected chi connectivity index (χ1v) is 7.51. The van der Waals surface area contributed by atoms with E-state index in [0.717, 1.165) is 36.2 Å². The van der Waals surface area contributed by atoms with Gasteiger partial charge in [0.25, 0.3) is 0 Å². The fraction of sp³-hybridized carbons (Fsp3) is 0.389. The number of halogens is 1. The van der Waals surface area contributed by atoms with Gasteiger partial charge in [0.1, 0.15) is 5.82 Å². The monoisotopic (exact) mass is 286 g/mol. The molecule has 3 heteroatoms. The van der Waals surface area contributed by atoms with Crippen molar-refractivity contribution in [3.8, 4) is 0 Å². The van der Waals surface area contributed by atoms with E-state index in [1.54, 1.807) is 6.07 Å². The zero-order valence-corrected chi connectivity index (χ0v) is 13.0. The van der Waals surface area contributed by atoms with Gasteiger partial charge < -0.3 is 5.32 Å². The van der Waals surface area contributed by atoms with E-state index < -0.39 is 0 Å². The van der Waals surface area contributed by atoms with Crippen LogP contribution in [0.5, 0.6) is 0 Å². The number of hydrogen-bond donors (Lipinski definition) is 1. The summed E-state index contributed by atoms with van der Waals surface area (Å²) < 4.78 is 13.3. The highest BCUT2D eigenvalue weighted by atomic mass is 19.1. The van der Waals surface area contributed by atoms with Gasteiger partial charge >= 0.3 is 0 Å². The van der Waals surface area contributed by atoms with E-state index in [-0.39, 0.29) is 11.9 Å². The first-order valence-electron chi connectivity index (χ1n) is 7.51. The smallest absolute Gasteiger partial charge is 0.123 e. The van der Waals surface area contributed by atoms with Crippen molar-refractivity contribution in [2.75, 3.05) is 6.54 Å². The molecule has 112 valence electrons. The molecule has 0 saturated heterocycles. The van der Waals surface area contributed by atoms with E-state index in [0.29, 0.717) is 0 Å². The van der Waals surface area contributed by atoms with Gasteiger partial charge in [-0.25, -0.2) is 4.39 Å². The maximum Gasteiger partial charge on any atom is 0.123 e. The van der Waals surface area contributed by atoms with Crippen molar-refractivity contribution in [3.63, 3.8) is 0 Å². The van der Waals surface area contributed by atoms with Crippen LogP contribution in [-0.4, -0.2) is 11.5 Å². The van der Waals surface area contributed by atoms with Crippen LogP contribution in [0, 0.1) is 19.7 Å². The summed E-state index contributed by atoms with van der Waals surface area (Å²) in [5, 5.41) is 3.56. The molecule has 21 heavy (non-hydrogen) atoms. The molecule has 0 saturated carbocycles. The van der Waals surface area contributed by atoms with Crippen LogP contribution in [0.25, 0.3) is 0 Å². The molecule has 1 aromatic heterocycles. The van der Waals surface area contributed by atoms with E-state index in [1.165, 1.54) is 11.6 Å². The summed E-state index contributed by atoms with van der Waals surface area (Å²) in [6, 6.07) is 9.22. The van der Waals surface area contributed by atoms with Crippen LogP contribution < -0.4 is 5.32 Å². The zero-order chi connectivity index (χ0) is 15.2. The maximum absolute atomic E-state index is 13.3. The Balaban J connectivity index is 2.27. The average molecular weight is 286 g/mol. The number of aryl methyl sites for hydroxylation is 2. The van der Waals surface area contributed by atoms with Gasteiger partial charge in [0.2, 0.25) is 0 Å². The molecule has 0 aliphatic rings. The summed E-state index contributed by atoms with van der Waals surface area (Å²) in [5.74, 6) is -0.181. The highest BCUT2D eigenvalue weighted by molar-refractivity contribution is 5.31. The summed E-state index contributed by atoms with van der Waals surface area (Å²) in [7, 11) is 0. The van der Waals surface area contributed by atoms with Crippen molar-refractivity contribution in [2.24, 2.45) is 0 Å². The molecule has 0 aliphatic heterocycles. The van der Waals surface area contributed by atoms with Crippen LogP contribution in [0.4, 0.5) is 4.39 Å². The number of rotatable bonds is 6. The lowest BCUT2D eigenvalue weighted by atomic mass is 9.95. The lowest BCUT2D eigenvalue weighted by molar-refractivity contribution is 0.519. The average Bonchev–Trinajstić information content (AvgIpc) is 2.46. The fourth-order valence-corrected chi connectivity index (χ4v) is 2.57. The molecule has 1 heterocycles. The first-order chi connectivity index (χ1) is 10.1. The quantitative estimate of drug-likeness (QED) is 0.864. The minimum atomic E-state index is -0.181. The van der Waals surface area contributed by atoms with Crippen molar-refractivity contribution in [3.05, 3.63) is 64.7 Å². The van der Waals surface area contributed by atoms with Crippen LogP contribution in [0.2, 0.25) is 0 Å². The topological polar surface area (TPSA) is 24.9 Å².